The van der Waals surface area contributed by atoms with Crippen molar-refractivity contribution >= 4 is 28.8 Å². The van der Waals surface area contributed by atoms with Crippen LogP contribution in [0.4, 0.5) is 18.9 Å². The normalized spacial score (nSPS) is 11.9. The van der Waals surface area contributed by atoms with Gasteiger partial charge in [0.2, 0.25) is 0 Å². The molecule has 0 atom stereocenters. The second-order valence-electron chi connectivity index (χ2n) is 9.69. The van der Waals surface area contributed by atoms with Gasteiger partial charge >= 0.3 is 12.1 Å². The van der Waals surface area contributed by atoms with Gasteiger partial charge in [-0.15, -0.1) is 0 Å². The van der Waals surface area contributed by atoms with Crippen LogP contribution in [0.1, 0.15) is 38.2 Å². The Balaban J connectivity index is 1.57. The number of hydrogen-bond donors (Lipinski definition) is 4. The smallest absolute Gasteiger partial charge is 0.416 e. The predicted octanol–water partition coefficient (Wildman–Crippen LogP) is 7.81. The Morgan fingerprint density at radius 3 is 2.39 bits per heavy atom. The van der Waals surface area contributed by atoms with Gasteiger partial charge in [0.25, 0.3) is 0 Å². The fourth-order valence-corrected chi connectivity index (χ4v) is 4.90. The lowest BCUT2D eigenvalue weighted by Gasteiger charge is -2.12. The van der Waals surface area contributed by atoms with Crippen LogP contribution in [-0.4, -0.2) is 32.5 Å². The first-order valence-electron chi connectivity index (χ1n) is 12.7. The number of aromatic nitrogens is 1. The molecule has 6 nitrogen and oxygen atoms in total. The van der Waals surface area contributed by atoms with Crippen LogP contribution in [0.3, 0.4) is 0 Å². The quantitative estimate of drug-likeness (QED) is 0.153. The monoisotopic (exact) mass is 558 g/mol. The van der Waals surface area contributed by atoms with Crippen molar-refractivity contribution in [3.8, 4) is 22.8 Å². The number of aromatic carboxylic acids is 1. The molecule has 0 spiro atoms. The molecule has 0 aliphatic heterocycles. The summed E-state index contributed by atoms with van der Waals surface area (Å²) in [6.07, 6.45) is -2.51. The van der Waals surface area contributed by atoms with E-state index in [1.54, 1.807) is 24.3 Å². The van der Waals surface area contributed by atoms with E-state index in [4.69, 9.17) is 0 Å². The van der Waals surface area contributed by atoms with Gasteiger partial charge < -0.3 is 20.3 Å². The highest BCUT2D eigenvalue weighted by atomic mass is 19.4. The number of rotatable bonds is 7. The molecular weight excluding hydrogens is 533 g/mol. The van der Waals surface area contributed by atoms with Crippen LogP contribution in [0.25, 0.3) is 22.0 Å². The number of aromatic amines is 1. The molecule has 0 amide bonds. The number of benzene rings is 4. The van der Waals surface area contributed by atoms with E-state index in [-0.39, 0.29) is 40.4 Å². The van der Waals surface area contributed by atoms with Crippen molar-refractivity contribution in [1.82, 2.24) is 4.98 Å². The molecular formula is C32H25F3N2O4. The average molecular weight is 559 g/mol. The van der Waals surface area contributed by atoms with Gasteiger partial charge in [-0.3, -0.25) is 4.99 Å². The van der Waals surface area contributed by atoms with Gasteiger partial charge in [0.15, 0.2) is 5.88 Å². The Kier molecular flexibility index (Phi) is 7.28. The maximum Gasteiger partial charge on any atom is 0.416 e. The molecule has 0 saturated carbocycles. The number of aryl methyl sites for hydroxylation is 3. The Morgan fingerprint density at radius 1 is 0.927 bits per heavy atom. The van der Waals surface area contributed by atoms with E-state index in [2.05, 4.69) is 9.98 Å². The summed E-state index contributed by atoms with van der Waals surface area (Å²) in [5.74, 6) is -1.68. The minimum Gasteiger partial charge on any atom is -0.505 e. The largest absolute Gasteiger partial charge is 0.505 e. The minimum absolute atomic E-state index is 0.0518. The number of carbonyl (C=O) groups is 1. The average Bonchev–Trinajstić information content (AvgIpc) is 3.26. The first-order chi connectivity index (χ1) is 19.5. The van der Waals surface area contributed by atoms with E-state index in [1.165, 1.54) is 24.4 Å². The highest BCUT2D eigenvalue weighted by molar-refractivity contribution is 6.05. The van der Waals surface area contributed by atoms with Crippen molar-refractivity contribution < 1.29 is 33.3 Å². The lowest BCUT2D eigenvalue weighted by Crippen LogP contribution is -2.06. The first-order valence-corrected chi connectivity index (χ1v) is 12.7. The Bertz CT molecular complexity index is 1810. The molecule has 5 rings (SSSR count). The number of carboxylic acid groups (broad SMARTS) is 1. The number of fused-ring (bicyclic) bond motifs is 1. The zero-order chi connectivity index (χ0) is 29.3. The molecule has 41 heavy (non-hydrogen) atoms. The number of phenolic OH excluding ortho intramolecular Hbond substituents is 1. The number of nitrogens with one attached hydrogen (secondary N) is 1. The summed E-state index contributed by atoms with van der Waals surface area (Å²) in [6.45, 7) is 1.94. The van der Waals surface area contributed by atoms with E-state index in [0.717, 1.165) is 23.3 Å². The van der Waals surface area contributed by atoms with Crippen LogP contribution < -0.4 is 0 Å². The van der Waals surface area contributed by atoms with E-state index < -0.39 is 17.7 Å². The van der Waals surface area contributed by atoms with Gasteiger partial charge in [0, 0.05) is 22.7 Å². The molecule has 0 aliphatic rings. The second kappa shape index (κ2) is 10.8. The molecule has 5 aromatic rings. The Hall–Kier alpha value is -5.05. The summed E-state index contributed by atoms with van der Waals surface area (Å²) in [7, 11) is 0. The van der Waals surface area contributed by atoms with Crippen molar-refractivity contribution in [2.75, 3.05) is 0 Å². The molecule has 0 aliphatic carbocycles. The molecule has 0 fully saturated rings. The Labute approximate surface area is 233 Å². The van der Waals surface area contributed by atoms with E-state index in [1.807, 2.05) is 31.2 Å². The van der Waals surface area contributed by atoms with E-state index in [0.29, 0.717) is 28.5 Å². The zero-order valence-electron chi connectivity index (χ0n) is 21.8. The summed E-state index contributed by atoms with van der Waals surface area (Å²) in [5, 5.41) is 31.3. The van der Waals surface area contributed by atoms with Crippen LogP contribution in [0, 0.1) is 6.92 Å². The summed E-state index contributed by atoms with van der Waals surface area (Å²) >= 11 is 0. The van der Waals surface area contributed by atoms with E-state index >= 15 is 0 Å². The van der Waals surface area contributed by atoms with Crippen LogP contribution in [0.5, 0.6) is 11.6 Å². The third-order valence-corrected chi connectivity index (χ3v) is 7.02. The summed E-state index contributed by atoms with van der Waals surface area (Å²) < 4.78 is 41.2. The van der Waals surface area contributed by atoms with Crippen molar-refractivity contribution in [2.45, 2.75) is 25.9 Å². The number of phenols is 1. The number of carboxylic acids is 1. The highest BCUT2D eigenvalue weighted by Gasteiger charge is 2.32. The molecule has 9 heteroatoms. The fourth-order valence-electron chi connectivity index (χ4n) is 4.90. The predicted molar refractivity (Wildman–Crippen MR) is 151 cm³/mol. The summed E-state index contributed by atoms with van der Waals surface area (Å²) in [6, 6.07) is 20.5. The maximum absolute atomic E-state index is 13.7. The third-order valence-electron chi connectivity index (χ3n) is 7.02. The van der Waals surface area contributed by atoms with Gasteiger partial charge in [0.05, 0.1) is 16.7 Å². The molecule has 0 radical (unpaired) electrons. The van der Waals surface area contributed by atoms with Crippen molar-refractivity contribution in [3.05, 3.63) is 112 Å². The lowest BCUT2D eigenvalue weighted by atomic mass is 9.95. The van der Waals surface area contributed by atoms with Crippen molar-refractivity contribution in [2.24, 2.45) is 4.99 Å². The topological polar surface area (TPSA) is 106 Å². The first kappa shape index (κ1) is 27.5. The summed E-state index contributed by atoms with van der Waals surface area (Å²) in [5.41, 5.74) is 2.88. The Morgan fingerprint density at radius 2 is 1.66 bits per heavy atom. The SMILES string of the molecule is Cc1ccccc1CCc1cc(C(F)(F)F)cc2[nH]c(O)c(C=Nc3cccc(-c4cccc(C(=O)O)c4)c3O)c12. The fraction of sp³-hybridized carbons (Fsp3) is 0.125. The molecule has 1 heterocycles. The maximum atomic E-state index is 13.7. The number of aliphatic imine (C=N–C) groups is 1. The number of H-pyrrole nitrogens is 1. The number of hydrogen-bond acceptors (Lipinski definition) is 4. The number of aromatic hydroxyl groups is 2. The van der Waals surface area contributed by atoms with E-state index in [9.17, 15) is 33.3 Å². The van der Waals surface area contributed by atoms with Gasteiger partial charge in [0.1, 0.15) is 11.4 Å². The number of alkyl halides is 3. The number of halogens is 3. The molecule has 0 bridgehead atoms. The van der Waals surface area contributed by atoms with Crippen LogP contribution in [0.2, 0.25) is 0 Å². The highest BCUT2D eigenvalue weighted by Crippen LogP contribution is 2.39. The van der Waals surface area contributed by atoms with Gasteiger partial charge in [-0.25, -0.2) is 4.79 Å². The standard InChI is InChI=1S/C32H25F3N2O4/c1-18-6-2-3-7-19(18)12-13-21-15-23(32(33,34)35)16-27-28(21)25(30(39)37-27)17-36-26-11-5-10-24(29(26)38)20-8-4-9-22(14-20)31(40)41/h2-11,14-17,37-39H,12-13H2,1H3,(H,40,41). The van der Waals surface area contributed by atoms with Gasteiger partial charge in [-0.05, 0) is 72.4 Å². The molecule has 4 aromatic carbocycles. The molecule has 208 valence electrons. The van der Waals surface area contributed by atoms with Gasteiger partial charge in [-0.1, -0.05) is 48.5 Å². The van der Waals surface area contributed by atoms with Crippen LogP contribution >= 0.6 is 0 Å². The van der Waals surface area contributed by atoms with Crippen molar-refractivity contribution in [3.63, 3.8) is 0 Å². The molecule has 0 unspecified atom stereocenters. The lowest BCUT2D eigenvalue weighted by molar-refractivity contribution is -0.137. The minimum atomic E-state index is -4.58. The van der Waals surface area contributed by atoms with Crippen molar-refractivity contribution in [1.29, 1.82) is 0 Å². The second-order valence-corrected chi connectivity index (χ2v) is 9.69. The van der Waals surface area contributed by atoms with Crippen LogP contribution in [-0.2, 0) is 19.0 Å². The third kappa shape index (κ3) is 5.65. The number of para-hydroxylation sites is 1. The molecule has 1 aromatic heterocycles. The van der Waals surface area contributed by atoms with Crippen LogP contribution in [0.15, 0.2) is 83.9 Å². The number of nitrogens with zero attached hydrogens (tertiary/aromatic N) is 1. The zero-order valence-corrected chi connectivity index (χ0v) is 21.8. The molecule has 0 saturated heterocycles. The van der Waals surface area contributed by atoms with Gasteiger partial charge in [-0.2, -0.15) is 13.2 Å². The molecule has 4 N–H and O–H groups in total. The summed E-state index contributed by atoms with van der Waals surface area (Å²) in [4.78, 5) is 18.4.